The first-order chi connectivity index (χ1) is 12.2. The molecule has 1 N–H and O–H groups in total. The molecule has 0 saturated heterocycles. The molecule has 0 heterocycles. The highest BCUT2D eigenvalue weighted by atomic mass is 35.5. The van der Waals surface area contributed by atoms with E-state index in [2.05, 4.69) is 4.72 Å². The normalized spacial score (nSPS) is 12.2. The third kappa shape index (κ3) is 4.96. The molecule has 2 aromatic rings. The molecule has 0 spiro atoms. The first kappa shape index (κ1) is 20.2. The number of sulfonamides is 1. The second kappa shape index (κ2) is 8.52. The third-order valence-electron chi connectivity index (χ3n) is 3.39. The largest absolute Gasteiger partial charge is 0.460 e. The second-order valence-electron chi connectivity index (χ2n) is 5.30. The van der Waals surface area contributed by atoms with Crippen LogP contribution in [0.5, 0.6) is 0 Å². The number of esters is 1. The van der Waals surface area contributed by atoms with E-state index in [4.69, 9.17) is 33.2 Å². The van der Waals surface area contributed by atoms with Gasteiger partial charge in [0.05, 0.1) is 26.6 Å². The van der Waals surface area contributed by atoms with E-state index in [1.165, 1.54) is 25.1 Å². The van der Waals surface area contributed by atoms with E-state index < -0.39 is 22.0 Å². The maximum absolute atomic E-state index is 12.3. The minimum absolute atomic E-state index is 0.0814. The Morgan fingerprint density at radius 2 is 1.92 bits per heavy atom. The van der Waals surface area contributed by atoms with Crippen molar-refractivity contribution in [2.45, 2.75) is 24.5 Å². The van der Waals surface area contributed by atoms with E-state index in [0.29, 0.717) is 11.1 Å². The smallest absolute Gasteiger partial charge is 0.324 e. The zero-order valence-corrected chi connectivity index (χ0v) is 15.9. The van der Waals surface area contributed by atoms with E-state index in [1.807, 2.05) is 6.07 Å². The number of carbonyl (C=O) groups is 1. The van der Waals surface area contributed by atoms with E-state index >= 15 is 0 Å². The number of benzene rings is 2. The average molecular weight is 413 g/mol. The van der Waals surface area contributed by atoms with Crippen molar-refractivity contribution >= 4 is 39.2 Å². The maximum atomic E-state index is 12.3. The van der Waals surface area contributed by atoms with Gasteiger partial charge >= 0.3 is 5.97 Å². The molecule has 6 nitrogen and oxygen atoms in total. The fourth-order valence-corrected chi connectivity index (χ4v) is 3.60. The number of carbonyl (C=O) groups excluding carboxylic acids is 1. The molecule has 136 valence electrons. The Kier molecular flexibility index (Phi) is 6.62. The predicted octanol–water partition coefficient (Wildman–Crippen LogP) is 3.28. The Morgan fingerprint density at radius 1 is 1.23 bits per heavy atom. The summed E-state index contributed by atoms with van der Waals surface area (Å²) in [5.41, 5.74) is 0.909. The van der Waals surface area contributed by atoms with Gasteiger partial charge < -0.3 is 4.74 Å². The molecule has 1 atom stereocenters. The lowest BCUT2D eigenvalue weighted by molar-refractivity contribution is -0.146. The van der Waals surface area contributed by atoms with Crippen LogP contribution >= 0.6 is 23.2 Å². The molecular formula is C17H14Cl2N2O4S. The Bertz CT molecular complexity index is 971. The van der Waals surface area contributed by atoms with Gasteiger partial charge in [-0.15, -0.1) is 0 Å². The molecule has 0 radical (unpaired) electrons. The Morgan fingerprint density at radius 3 is 2.58 bits per heavy atom. The van der Waals surface area contributed by atoms with Gasteiger partial charge in [-0.2, -0.15) is 9.98 Å². The van der Waals surface area contributed by atoms with Gasteiger partial charge in [-0.05, 0) is 31.2 Å². The van der Waals surface area contributed by atoms with Crippen LogP contribution < -0.4 is 4.72 Å². The van der Waals surface area contributed by atoms with Gasteiger partial charge in [-0.1, -0.05) is 41.4 Å². The van der Waals surface area contributed by atoms with E-state index in [-0.39, 0.29) is 21.5 Å². The lowest BCUT2D eigenvalue weighted by Crippen LogP contribution is -2.39. The molecule has 2 aromatic carbocycles. The van der Waals surface area contributed by atoms with Gasteiger partial charge in [0.25, 0.3) is 0 Å². The van der Waals surface area contributed by atoms with Crippen LogP contribution in [-0.4, -0.2) is 20.4 Å². The van der Waals surface area contributed by atoms with Crippen molar-refractivity contribution in [3.63, 3.8) is 0 Å². The lowest BCUT2D eigenvalue weighted by Gasteiger charge is -2.14. The van der Waals surface area contributed by atoms with Gasteiger partial charge in [-0.3, -0.25) is 4.79 Å². The van der Waals surface area contributed by atoms with Crippen molar-refractivity contribution < 1.29 is 17.9 Å². The first-order valence-electron chi connectivity index (χ1n) is 7.36. The van der Waals surface area contributed by atoms with Crippen molar-refractivity contribution in [3.8, 4) is 6.07 Å². The lowest BCUT2D eigenvalue weighted by atomic mass is 10.1. The highest BCUT2D eigenvalue weighted by molar-refractivity contribution is 7.89. The summed E-state index contributed by atoms with van der Waals surface area (Å²) in [5.74, 6) is -0.777. The summed E-state index contributed by atoms with van der Waals surface area (Å²) in [7, 11) is -3.99. The van der Waals surface area contributed by atoms with Crippen LogP contribution in [0.1, 0.15) is 18.1 Å². The zero-order valence-electron chi connectivity index (χ0n) is 13.6. The second-order valence-corrected chi connectivity index (χ2v) is 7.82. The minimum Gasteiger partial charge on any atom is -0.460 e. The number of hydrogen-bond acceptors (Lipinski definition) is 5. The summed E-state index contributed by atoms with van der Waals surface area (Å²) in [4.78, 5) is 11.9. The van der Waals surface area contributed by atoms with Crippen LogP contribution in [0.15, 0.2) is 47.4 Å². The Labute approximate surface area is 161 Å². The summed E-state index contributed by atoms with van der Waals surface area (Å²) in [6.45, 7) is 1.22. The monoisotopic (exact) mass is 412 g/mol. The van der Waals surface area contributed by atoms with Crippen LogP contribution in [0.25, 0.3) is 0 Å². The molecule has 0 bridgehead atoms. The van der Waals surface area contributed by atoms with Crippen LogP contribution in [0.2, 0.25) is 10.0 Å². The van der Waals surface area contributed by atoms with Gasteiger partial charge in [-0.25, -0.2) is 8.42 Å². The molecular weight excluding hydrogens is 399 g/mol. The van der Waals surface area contributed by atoms with Crippen molar-refractivity contribution in [1.82, 2.24) is 4.72 Å². The number of hydrogen-bond donors (Lipinski definition) is 1. The summed E-state index contributed by atoms with van der Waals surface area (Å²) < 4.78 is 32.0. The van der Waals surface area contributed by atoms with Crippen LogP contribution in [-0.2, 0) is 26.2 Å². The number of rotatable bonds is 6. The third-order valence-corrected chi connectivity index (χ3v) is 5.67. The maximum Gasteiger partial charge on any atom is 0.324 e. The Hall–Kier alpha value is -2.11. The molecule has 2 rings (SSSR count). The number of nitrogens with zero attached hydrogens (tertiary/aromatic N) is 1. The van der Waals surface area contributed by atoms with Gasteiger partial charge in [0.1, 0.15) is 12.6 Å². The van der Waals surface area contributed by atoms with Crippen molar-refractivity contribution in [1.29, 1.82) is 5.26 Å². The molecule has 0 unspecified atom stereocenters. The first-order valence-corrected chi connectivity index (χ1v) is 9.60. The van der Waals surface area contributed by atoms with Gasteiger partial charge in [0, 0.05) is 5.56 Å². The summed E-state index contributed by atoms with van der Waals surface area (Å²) >= 11 is 11.6. The van der Waals surface area contributed by atoms with E-state index in [0.717, 1.165) is 0 Å². The number of nitrogens with one attached hydrogen (secondary N) is 1. The zero-order chi connectivity index (χ0) is 19.3. The highest BCUT2D eigenvalue weighted by Gasteiger charge is 2.24. The quantitative estimate of drug-likeness (QED) is 0.734. The number of ether oxygens (including phenoxy) is 1. The van der Waals surface area contributed by atoms with Crippen molar-refractivity contribution in [3.05, 3.63) is 63.6 Å². The molecule has 0 saturated carbocycles. The molecule has 0 aliphatic heterocycles. The minimum atomic E-state index is -3.99. The summed E-state index contributed by atoms with van der Waals surface area (Å²) in [6.07, 6.45) is 0. The number of halogens is 2. The Balaban J connectivity index is 2.04. The SMILES string of the molecule is C[C@H](NS(=O)(=O)c1ccc(Cl)c(Cl)c1)C(=O)OCc1ccccc1C#N. The molecule has 26 heavy (non-hydrogen) atoms. The van der Waals surface area contributed by atoms with Gasteiger partial charge in [0.15, 0.2) is 0 Å². The van der Waals surface area contributed by atoms with Crippen LogP contribution in [0.4, 0.5) is 0 Å². The van der Waals surface area contributed by atoms with Crippen LogP contribution in [0, 0.1) is 11.3 Å². The molecule has 0 aromatic heterocycles. The fraction of sp³-hybridized carbons (Fsp3) is 0.176. The topological polar surface area (TPSA) is 96.3 Å². The predicted molar refractivity (Wildman–Crippen MR) is 97.2 cm³/mol. The van der Waals surface area contributed by atoms with E-state index in [1.54, 1.807) is 24.3 Å². The molecule has 9 heteroatoms. The van der Waals surface area contributed by atoms with Crippen molar-refractivity contribution in [2.24, 2.45) is 0 Å². The molecule has 0 aliphatic rings. The van der Waals surface area contributed by atoms with Gasteiger partial charge in [0.2, 0.25) is 10.0 Å². The molecule has 0 aliphatic carbocycles. The fourth-order valence-electron chi connectivity index (χ4n) is 2.02. The summed E-state index contributed by atoms with van der Waals surface area (Å²) in [5, 5.41) is 9.31. The van der Waals surface area contributed by atoms with Crippen molar-refractivity contribution in [2.75, 3.05) is 0 Å². The number of nitriles is 1. The summed E-state index contributed by atoms with van der Waals surface area (Å²) in [6, 6.07) is 11.3. The molecule has 0 fully saturated rings. The van der Waals surface area contributed by atoms with Crippen LogP contribution in [0.3, 0.4) is 0 Å². The van der Waals surface area contributed by atoms with E-state index in [9.17, 15) is 13.2 Å². The molecule has 0 amide bonds. The highest BCUT2D eigenvalue weighted by Crippen LogP contribution is 2.24. The standard InChI is InChI=1S/C17H14Cl2N2O4S/c1-11(17(22)25-10-13-5-3-2-4-12(13)9-20)21-26(23,24)14-6-7-15(18)16(19)8-14/h2-8,11,21H,10H2,1H3/t11-/m0/s1. The average Bonchev–Trinajstić information content (AvgIpc) is 2.61.